The Hall–Kier alpha value is -2.40. The monoisotopic (exact) mass is 356 g/mol. The Morgan fingerprint density at radius 2 is 1.91 bits per heavy atom. The number of anilines is 2. The van der Waals surface area contributed by atoms with Crippen molar-refractivity contribution in [1.82, 2.24) is 4.98 Å². The lowest BCUT2D eigenvalue weighted by atomic mass is 10.1. The van der Waals surface area contributed by atoms with Gasteiger partial charge in [-0.1, -0.05) is 33.6 Å². The molecule has 3 aromatic rings. The lowest BCUT2D eigenvalue weighted by Gasteiger charge is -2.13. The molecule has 2 aromatic carbocycles. The van der Waals surface area contributed by atoms with Gasteiger partial charge < -0.3 is 10.4 Å². The van der Waals surface area contributed by atoms with Crippen molar-refractivity contribution in [3.8, 4) is 0 Å². The normalized spacial score (nSPS) is 10.6. The number of carboxylic acids is 1. The van der Waals surface area contributed by atoms with Gasteiger partial charge in [0.15, 0.2) is 0 Å². The van der Waals surface area contributed by atoms with Gasteiger partial charge in [0, 0.05) is 21.7 Å². The maximum absolute atomic E-state index is 11.5. The zero-order chi connectivity index (χ0) is 15.7. The second kappa shape index (κ2) is 5.77. The van der Waals surface area contributed by atoms with Gasteiger partial charge in [0.1, 0.15) is 5.56 Å². The molecule has 110 valence electrons. The van der Waals surface area contributed by atoms with E-state index in [0.717, 1.165) is 26.6 Å². The zero-order valence-corrected chi connectivity index (χ0v) is 13.4. The van der Waals surface area contributed by atoms with Crippen LogP contribution in [-0.2, 0) is 0 Å². The minimum atomic E-state index is -1.01. The molecule has 0 saturated heterocycles. The van der Waals surface area contributed by atoms with Crippen molar-refractivity contribution in [3.05, 3.63) is 64.3 Å². The van der Waals surface area contributed by atoms with Crippen molar-refractivity contribution in [2.45, 2.75) is 6.92 Å². The average Bonchev–Trinajstić information content (AvgIpc) is 2.49. The predicted molar refractivity (Wildman–Crippen MR) is 90.9 cm³/mol. The van der Waals surface area contributed by atoms with Crippen molar-refractivity contribution in [1.29, 1.82) is 0 Å². The summed E-state index contributed by atoms with van der Waals surface area (Å²) in [6.07, 6.45) is 1.38. The van der Waals surface area contributed by atoms with Crippen molar-refractivity contribution in [2.75, 3.05) is 5.32 Å². The maximum atomic E-state index is 11.5. The second-order valence-electron chi connectivity index (χ2n) is 5.00. The summed E-state index contributed by atoms with van der Waals surface area (Å²) in [5.41, 5.74) is 3.41. The van der Waals surface area contributed by atoms with Crippen molar-refractivity contribution < 1.29 is 9.90 Å². The Labute approximate surface area is 135 Å². The van der Waals surface area contributed by atoms with Gasteiger partial charge >= 0.3 is 5.97 Å². The number of fused-ring (bicyclic) bond motifs is 1. The molecule has 5 heteroatoms. The van der Waals surface area contributed by atoms with E-state index >= 15 is 0 Å². The van der Waals surface area contributed by atoms with E-state index in [-0.39, 0.29) is 5.56 Å². The largest absolute Gasteiger partial charge is 0.478 e. The molecular formula is C17H13BrN2O2. The van der Waals surface area contributed by atoms with Crippen LogP contribution in [0.2, 0.25) is 0 Å². The lowest BCUT2D eigenvalue weighted by Crippen LogP contribution is -2.04. The molecule has 22 heavy (non-hydrogen) atoms. The quantitative estimate of drug-likeness (QED) is 0.710. The average molecular weight is 357 g/mol. The number of aromatic carboxylic acids is 1. The Bertz CT molecular complexity index is 860. The molecule has 0 spiro atoms. The predicted octanol–water partition coefficient (Wildman–Crippen LogP) is 4.75. The van der Waals surface area contributed by atoms with Crippen LogP contribution in [-0.4, -0.2) is 16.1 Å². The Morgan fingerprint density at radius 3 is 2.59 bits per heavy atom. The van der Waals surface area contributed by atoms with Crippen molar-refractivity contribution in [2.24, 2.45) is 0 Å². The van der Waals surface area contributed by atoms with E-state index in [1.807, 2.05) is 49.4 Å². The first-order valence-electron chi connectivity index (χ1n) is 6.70. The van der Waals surface area contributed by atoms with Crippen LogP contribution in [0.15, 0.2) is 53.1 Å². The molecule has 1 heterocycles. The summed E-state index contributed by atoms with van der Waals surface area (Å²) in [6, 6.07) is 13.4. The van der Waals surface area contributed by atoms with Gasteiger partial charge in [-0.05, 0) is 37.3 Å². The van der Waals surface area contributed by atoms with Crippen LogP contribution in [0.4, 0.5) is 11.4 Å². The molecule has 0 aliphatic carbocycles. The highest BCUT2D eigenvalue weighted by Gasteiger charge is 2.15. The van der Waals surface area contributed by atoms with Crippen LogP contribution in [0.5, 0.6) is 0 Å². The first-order chi connectivity index (χ1) is 10.5. The molecular weight excluding hydrogens is 344 g/mol. The number of aromatic nitrogens is 1. The third-order valence-electron chi connectivity index (χ3n) is 3.38. The molecule has 0 fully saturated rings. The summed E-state index contributed by atoms with van der Waals surface area (Å²) >= 11 is 3.42. The van der Waals surface area contributed by atoms with Crippen LogP contribution < -0.4 is 5.32 Å². The third kappa shape index (κ3) is 2.80. The number of hydrogen-bond acceptors (Lipinski definition) is 3. The van der Waals surface area contributed by atoms with E-state index in [0.29, 0.717) is 5.69 Å². The third-order valence-corrected chi connectivity index (χ3v) is 3.87. The molecule has 4 nitrogen and oxygen atoms in total. The van der Waals surface area contributed by atoms with E-state index in [4.69, 9.17) is 0 Å². The summed E-state index contributed by atoms with van der Waals surface area (Å²) in [5, 5.41) is 13.4. The number of benzene rings is 2. The first kappa shape index (κ1) is 14.5. The molecule has 1 aromatic heterocycles. The van der Waals surface area contributed by atoms with E-state index in [2.05, 4.69) is 26.2 Å². The maximum Gasteiger partial charge on any atom is 0.339 e. The summed E-state index contributed by atoms with van der Waals surface area (Å²) in [5.74, 6) is -1.01. The summed E-state index contributed by atoms with van der Waals surface area (Å²) < 4.78 is 0.872. The molecule has 0 aliphatic rings. The number of halogens is 1. The number of carbonyl (C=O) groups is 1. The van der Waals surface area contributed by atoms with E-state index in [1.165, 1.54) is 6.20 Å². The van der Waals surface area contributed by atoms with Crippen molar-refractivity contribution >= 4 is 44.2 Å². The SMILES string of the molecule is Cc1ccc(Nc2c(C(=O)O)cnc3ccc(Br)cc23)cc1. The molecule has 0 aliphatic heterocycles. The van der Waals surface area contributed by atoms with Gasteiger partial charge in [0.05, 0.1) is 11.2 Å². The highest BCUT2D eigenvalue weighted by Crippen LogP contribution is 2.31. The molecule has 0 radical (unpaired) electrons. The summed E-state index contributed by atoms with van der Waals surface area (Å²) in [6.45, 7) is 2.01. The molecule has 0 unspecified atom stereocenters. The topological polar surface area (TPSA) is 62.2 Å². The number of rotatable bonds is 3. The standard InChI is InChI=1S/C17H13BrN2O2/c1-10-2-5-12(6-3-10)20-16-13-8-11(18)4-7-15(13)19-9-14(16)17(21)22/h2-9H,1H3,(H,19,20)(H,21,22). The first-order valence-corrected chi connectivity index (χ1v) is 7.49. The molecule has 2 N–H and O–H groups in total. The molecule has 0 saturated carbocycles. The molecule has 0 amide bonds. The van der Waals surface area contributed by atoms with E-state index in [9.17, 15) is 9.90 Å². The van der Waals surface area contributed by atoms with E-state index in [1.54, 1.807) is 0 Å². The minimum Gasteiger partial charge on any atom is -0.478 e. The number of aryl methyl sites for hydroxylation is 1. The van der Waals surface area contributed by atoms with Gasteiger partial charge in [-0.3, -0.25) is 4.98 Å². The number of hydrogen-bond donors (Lipinski definition) is 2. The minimum absolute atomic E-state index is 0.145. The molecule has 0 atom stereocenters. The number of nitrogens with one attached hydrogen (secondary N) is 1. The van der Waals surface area contributed by atoms with Crippen LogP contribution >= 0.6 is 15.9 Å². The van der Waals surface area contributed by atoms with Crippen LogP contribution in [0.1, 0.15) is 15.9 Å². The van der Waals surface area contributed by atoms with Gasteiger partial charge in [0.25, 0.3) is 0 Å². The van der Waals surface area contributed by atoms with Gasteiger partial charge in [-0.15, -0.1) is 0 Å². The highest BCUT2D eigenvalue weighted by atomic mass is 79.9. The number of pyridine rings is 1. The number of nitrogens with zero attached hydrogens (tertiary/aromatic N) is 1. The van der Waals surface area contributed by atoms with Crippen LogP contribution in [0.25, 0.3) is 10.9 Å². The molecule has 3 rings (SSSR count). The zero-order valence-electron chi connectivity index (χ0n) is 11.8. The number of carboxylic acid groups (broad SMARTS) is 1. The van der Waals surface area contributed by atoms with Gasteiger partial charge in [-0.2, -0.15) is 0 Å². The van der Waals surface area contributed by atoms with Crippen LogP contribution in [0, 0.1) is 6.92 Å². The lowest BCUT2D eigenvalue weighted by molar-refractivity contribution is 0.0697. The fourth-order valence-corrected chi connectivity index (χ4v) is 2.60. The van der Waals surface area contributed by atoms with E-state index < -0.39 is 5.97 Å². The van der Waals surface area contributed by atoms with Crippen LogP contribution in [0.3, 0.4) is 0 Å². The van der Waals surface area contributed by atoms with Gasteiger partial charge in [-0.25, -0.2) is 4.79 Å². The van der Waals surface area contributed by atoms with Crippen molar-refractivity contribution in [3.63, 3.8) is 0 Å². The Morgan fingerprint density at radius 1 is 1.18 bits per heavy atom. The smallest absolute Gasteiger partial charge is 0.339 e. The highest BCUT2D eigenvalue weighted by molar-refractivity contribution is 9.10. The fourth-order valence-electron chi connectivity index (χ4n) is 2.24. The van der Waals surface area contributed by atoms with Gasteiger partial charge in [0.2, 0.25) is 0 Å². The Kier molecular flexibility index (Phi) is 3.81. The molecule has 0 bridgehead atoms. The summed E-state index contributed by atoms with van der Waals surface area (Å²) in [4.78, 5) is 15.7. The fraction of sp³-hybridized carbons (Fsp3) is 0.0588. The Balaban J connectivity index is 2.19. The second-order valence-corrected chi connectivity index (χ2v) is 5.92. The summed E-state index contributed by atoms with van der Waals surface area (Å²) in [7, 11) is 0.